The number of rotatable bonds is 2. The van der Waals surface area contributed by atoms with Gasteiger partial charge in [-0.2, -0.15) is 23.5 Å². The highest BCUT2D eigenvalue weighted by molar-refractivity contribution is 5.96. The second kappa shape index (κ2) is 6.60. The van der Waals surface area contributed by atoms with Gasteiger partial charge < -0.3 is 10.5 Å². The number of hydrazone groups is 1. The molecule has 0 amide bonds. The van der Waals surface area contributed by atoms with E-state index in [-0.39, 0.29) is 11.5 Å². The molecule has 3 atom stereocenters. The molecule has 2 aliphatic heterocycles. The third kappa shape index (κ3) is 2.85. The molecule has 4 rings (SSSR count). The maximum absolute atomic E-state index is 13.9. The lowest BCUT2D eigenvalue weighted by Crippen LogP contribution is -2.46. The number of alkyl halides is 3. The minimum atomic E-state index is -4.69. The number of nitriles is 1. The average Bonchev–Trinajstić information content (AvgIpc) is 3.07. The van der Waals surface area contributed by atoms with Crippen LogP contribution in [0.3, 0.4) is 0 Å². The van der Waals surface area contributed by atoms with Crippen molar-refractivity contribution in [1.82, 2.24) is 0 Å². The maximum Gasteiger partial charge on any atom is 0.431 e. The lowest BCUT2D eigenvalue weighted by Gasteiger charge is -2.37. The summed E-state index contributed by atoms with van der Waals surface area (Å²) in [6.07, 6.45) is -5.79. The van der Waals surface area contributed by atoms with E-state index in [1.54, 1.807) is 60.7 Å². The van der Waals surface area contributed by atoms with Crippen LogP contribution >= 0.6 is 0 Å². The molecule has 0 bridgehead atoms. The fraction of sp³-hybridized carbons (Fsp3) is 0.200. The zero-order chi connectivity index (χ0) is 19.9. The summed E-state index contributed by atoms with van der Waals surface area (Å²) in [4.78, 5) is 0. The standard InChI is InChI=1S/C20H15F3N4O/c21-20(22,23)17-16-15(12-7-3-1-4-8-12)14(11-24)18(25)28-19(16)27(26-17)13-9-5-2-6-10-13/h1-10,15-16,19H,25H2/t15-,16+,19+/m1/s1. The van der Waals surface area contributed by atoms with E-state index in [1.807, 2.05) is 6.07 Å². The van der Waals surface area contributed by atoms with Gasteiger partial charge in [0, 0.05) is 5.92 Å². The molecule has 8 heteroatoms. The van der Waals surface area contributed by atoms with E-state index < -0.39 is 30.0 Å². The number of para-hydroxylation sites is 1. The van der Waals surface area contributed by atoms with Gasteiger partial charge in [0.05, 0.1) is 17.2 Å². The molecule has 142 valence electrons. The number of nitrogens with zero attached hydrogens (tertiary/aromatic N) is 3. The first kappa shape index (κ1) is 17.9. The van der Waals surface area contributed by atoms with E-state index in [4.69, 9.17) is 10.5 Å². The normalized spacial score (nSPS) is 24.3. The Bertz CT molecular complexity index is 980. The number of halogens is 3. The number of anilines is 1. The van der Waals surface area contributed by atoms with Crippen molar-refractivity contribution in [3.8, 4) is 6.07 Å². The van der Waals surface area contributed by atoms with Crippen molar-refractivity contribution in [2.75, 3.05) is 5.01 Å². The fourth-order valence-corrected chi connectivity index (χ4v) is 3.69. The van der Waals surface area contributed by atoms with E-state index in [0.717, 1.165) is 0 Å². The number of benzene rings is 2. The van der Waals surface area contributed by atoms with Crippen LogP contribution in [0.4, 0.5) is 18.9 Å². The van der Waals surface area contributed by atoms with Crippen molar-refractivity contribution in [2.45, 2.75) is 18.3 Å². The van der Waals surface area contributed by atoms with Crippen LogP contribution in [0.2, 0.25) is 0 Å². The Hall–Kier alpha value is -3.47. The number of allylic oxidation sites excluding steroid dienone is 1. The van der Waals surface area contributed by atoms with Crippen molar-refractivity contribution >= 4 is 11.4 Å². The SMILES string of the molecule is N#CC1=C(N)O[C@H]2[C@H](C(C(F)(F)F)=NN2c2ccccc2)[C@@H]1c1ccccc1. The van der Waals surface area contributed by atoms with Crippen molar-refractivity contribution < 1.29 is 17.9 Å². The molecule has 0 saturated carbocycles. The first-order valence-corrected chi connectivity index (χ1v) is 8.53. The molecule has 0 unspecified atom stereocenters. The topological polar surface area (TPSA) is 74.6 Å². The van der Waals surface area contributed by atoms with E-state index in [1.165, 1.54) is 5.01 Å². The van der Waals surface area contributed by atoms with Crippen LogP contribution in [0.25, 0.3) is 0 Å². The predicted molar refractivity (Wildman–Crippen MR) is 96.8 cm³/mol. The molecule has 2 aliphatic rings. The Morgan fingerprint density at radius 1 is 1.04 bits per heavy atom. The van der Waals surface area contributed by atoms with Gasteiger partial charge in [0.15, 0.2) is 5.71 Å². The van der Waals surface area contributed by atoms with Gasteiger partial charge in [0.1, 0.15) is 6.07 Å². The monoisotopic (exact) mass is 384 g/mol. The van der Waals surface area contributed by atoms with Gasteiger partial charge in [0.25, 0.3) is 0 Å². The smallest absolute Gasteiger partial charge is 0.431 e. The lowest BCUT2D eigenvalue weighted by molar-refractivity contribution is -0.0658. The van der Waals surface area contributed by atoms with Crippen LogP contribution < -0.4 is 10.7 Å². The van der Waals surface area contributed by atoms with Gasteiger partial charge >= 0.3 is 6.18 Å². The van der Waals surface area contributed by atoms with Crippen LogP contribution in [0.5, 0.6) is 0 Å². The number of nitrogens with two attached hydrogens (primary N) is 1. The Labute approximate surface area is 159 Å². The predicted octanol–water partition coefficient (Wildman–Crippen LogP) is 3.88. The highest BCUT2D eigenvalue weighted by atomic mass is 19.4. The minimum absolute atomic E-state index is 0.0284. The van der Waals surface area contributed by atoms with Crippen molar-refractivity contribution in [1.29, 1.82) is 5.26 Å². The molecule has 2 aromatic rings. The van der Waals surface area contributed by atoms with Gasteiger partial charge in [-0.15, -0.1) is 0 Å². The summed E-state index contributed by atoms with van der Waals surface area (Å²) in [5.41, 5.74) is 5.92. The maximum atomic E-state index is 13.9. The third-order valence-corrected chi connectivity index (χ3v) is 4.85. The first-order chi connectivity index (χ1) is 13.4. The molecule has 2 N–H and O–H groups in total. The number of fused-ring (bicyclic) bond motifs is 1. The Kier molecular flexibility index (Phi) is 4.23. The molecule has 28 heavy (non-hydrogen) atoms. The van der Waals surface area contributed by atoms with Crippen molar-refractivity contribution in [3.05, 3.63) is 77.7 Å². The van der Waals surface area contributed by atoms with Crippen molar-refractivity contribution in [2.24, 2.45) is 16.8 Å². The summed E-state index contributed by atoms with van der Waals surface area (Å²) in [6, 6.07) is 18.9. The summed E-state index contributed by atoms with van der Waals surface area (Å²) >= 11 is 0. The third-order valence-electron chi connectivity index (χ3n) is 4.85. The summed E-state index contributed by atoms with van der Waals surface area (Å²) in [7, 11) is 0. The largest absolute Gasteiger partial charge is 0.452 e. The molecule has 0 radical (unpaired) electrons. The molecular weight excluding hydrogens is 369 g/mol. The molecule has 0 saturated heterocycles. The highest BCUT2D eigenvalue weighted by Crippen LogP contribution is 2.48. The van der Waals surface area contributed by atoms with Gasteiger partial charge in [-0.25, -0.2) is 5.01 Å². The van der Waals surface area contributed by atoms with Crippen LogP contribution in [-0.2, 0) is 4.74 Å². The summed E-state index contributed by atoms with van der Waals surface area (Å²) in [5, 5.41) is 14.6. The second-order valence-electron chi connectivity index (χ2n) is 6.48. The van der Waals surface area contributed by atoms with E-state index >= 15 is 0 Å². The van der Waals surface area contributed by atoms with Crippen LogP contribution in [0.15, 0.2) is 77.2 Å². The van der Waals surface area contributed by atoms with E-state index in [0.29, 0.717) is 11.3 Å². The van der Waals surface area contributed by atoms with Gasteiger partial charge in [0.2, 0.25) is 12.1 Å². The van der Waals surface area contributed by atoms with E-state index in [9.17, 15) is 18.4 Å². The first-order valence-electron chi connectivity index (χ1n) is 8.53. The average molecular weight is 384 g/mol. The zero-order valence-corrected chi connectivity index (χ0v) is 14.5. The Morgan fingerprint density at radius 3 is 2.21 bits per heavy atom. The minimum Gasteiger partial charge on any atom is -0.452 e. The summed E-state index contributed by atoms with van der Waals surface area (Å²) in [6.45, 7) is 0. The van der Waals surface area contributed by atoms with Gasteiger partial charge in [-0.05, 0) is 17.7 Å². The molecular formula is C20H15F3N4O. The Morgan fingerprint density at radius 2 is 1.64 bits per heavy atom. The van der Waals surface area contributed by atoms with Crippen LogP contribution in [0, 0.1) is 17.2 Å². The number of hydrogen-bond donors (Lipinski definition) is 1. The number of hydrogen-bond acceptors (Lipinski definition) is 5. The molecule has 2 aromatic carbocycles. The zero-order valence-electron chi connectivity index (χ0n) is 14.5. The highest BCUT2D eigenvalue weighted by Gasteiger charge is 2.57. The fourth-order valence-electron chi connectivity index (χ4n) is 3.69. The quantitative estimate of drug-likeness (QED) is 0.853. The van der Waals surface area contributed by atoms with Crippen LogP contribution in [0.1, 0.15) is 11.5 Å². The molecule has 5 nitrogen and oxygen atoms in total. The van der Waals surface area contributed by atoms with E-state index in [2.05, 4.69) is 5.10 Å². The molecule has 0 aliphatic carbocycles. The molecule has 0 aromatic heterocycles. The lowest BCUT2D eigenvalue weighted by atomic mass is 9.76. The molecule has 0 fully saturated rings. The summed E-state index contributed by atoms with van der Waals surface area (Å²) in [5.74, 6) is -2.33. The van der Waals surface area contributed by atoms with Gasteiger partial charge in [-0.1, -0.05) is 48.5 Å². The molecule has 0 spiro atoms. The molecule has 2 heterocycles. The number of ether oxygens (including phenoxy) is 1. The summed E-state index contributed by atoms with van der Waals surface area (Å²) < 4.78 is 47.3. The van der Waals surface area contributed by atoms with Crippen LogP contribution in [-0.4, -0.2) is 18.1 Å². The second-order valence-corrected chi connectivity index (χ2v) is 6.48. The Balaban J connectivity index is 1.90. The van der Waals surface area contributed by atoms with Gasteiger partial charge in [-0.3, -0.25) is 0 Å². The van der Waals surface area contributed by atoms with Crippen molar-refractivity contribution in [3.63, 3.8) is 0 Å².